The predicted molar refractivity (Wildman–Crippen MR) is 71.9 cm³/mol. The Morgan fingerprint density at radius 3 is 2.63 bits per heavy atom. The number of halogens is 1. The molecule has 2 rings (SSSR count). The second kappa shape index (κ2) is 5.52. The topological polar surface area (TPSA) is 49.3 Å². The molecule has 4 heteroatoms. The molecule has 0 aliphatic carbocycles. The van der Waals surface area contributed by atoms with Crippen molar-refractivity contribution < 1.29 is 14.3 Å². The van der Waals surface area contributed by atoms with E-state index in [4.69, 9.17) is 5.11 Å². The maximum Gasteiger partial charge on any atom is 0.335 e. The molecule has 3 nitrogen and oxygen atoms in total. The van der Waals surface area contributed by atoms with Crippen LogP contribution in [0.3, 0.4) is 0 Å². The summed E-state index contributed by atoms with van der Waals surface area (Å²) in [6, 6.07) is 11.7. The minimum Gasteiger partial charge on any atom is -0.478 e. The summed E-state index contributed by atoms with van der Waals surface area (Å²) in [6.07, 6.45) is 0. The van der Waals surface area contributed by atoms with Crippen LogP contribution in [0.4, 0.5) is 10.1 Å². The summed E-state index contributed by atoms with van der Waals surface area (Å²) >= 11 is 0. The lowest BCUT2D eigenvalue weighted by Crippen LogP contribution is -2.04. The Morgan fingerprint density at radius 2 is 2.00 bits per heavy atom. The van der Waals surface area contributed by atoms with Crippen LogP contribution in [-0.4, -0.2) is 11.1 Å². The molecular formula is C15H14FNO2. The summed E-state index contributed by atoms with van der Waals surface area (Å²) in [5, 5.41) is 11.7. The van der Waals surface area contributed by atoms with Crippen molar-refractivity contribution in [3.8, 4) is 0 Å². The van der Waals surface area contributed by atoms with Crippen LogP contribution < -0.4 is 5.32 Å². The molecule has 0 amide bonds. The highest BCUT2D eigenvalue weighted by molar-refractivity contribution is 5.88. The summed E-state index contributed by atoms with van der Waals surface area (Å²) in [7, 11) is 0. The standard InChI is InChI=1S/C15H14FNO2/c1-10-4-2-3-5-12(10)9-17-14-7-6-11(15(18)19)8-13(14)16/h2-8,17H,9H2,1H3,(H,18,19). The van der Waals surface area contributed by atoms with E-state index in [0.29, 0.717) is 12.2 Å². The van der Waals surface area contributed by atoms with Crippen LogP contribution in [0.25, 0.3) is 0 Å². The minimum absolute atomic E-state index is 0.0565. The molecule has 0 saturated carbocycles. The number of anilines is 1. The van der Waals surface area contributed by atoms with Gasteiger partial charge in [-0.2, -0.15) is 0 Å². The van der Waals surface area contributed by atoms with Gasteiger partial charge in [0.25, 0.3) is 0 Å². The SMILES string of the molecule is Cc1ccccc1CNc1ccc(C(=O)O)cc1F. The van der Waals surface area contributed by atoms with Gasteiger partial charge in [-0.15, -0.1) is 0 Å². The lowest BCUT2D eigenvalue weighted by atomic mass is 10.1. The van der Waals surface area contributed by atoms with Gasteiger partial charge in [0.1, 0.15) is 5.82 Å². The molecule has 0 atom stereocenters. The Balaban J connectivity index is 2.12. The molecule has 2 aromatic rings. The fourth-order valence-corrected chi connectivity index (χ4v) is 1.79. The quantitative estimate of drug-likeness (QED) is 0.884. The van der Waals surface area contributed by atoms with Crippen LogP contribution in [-0.2, 0) is 6.54 Å². The first-order chi connectivity index (χ1) is 9.08. The van der Waals surface area contributed by atoms with Gasteiger partial charge in [0.15, 0.2) is 0 Å². The smallest absolute Gasteiger partial charge is 0.335 e. The summed E-state index contributed by atoms with van der Waals surface area (Å²) in [5.41, 5.74) is 2.44. The Bertz CT molecular complexity index is 611. The first kappa shape index (κ1) is 13.1. The molecule has 2 aromatic carbocycles. The van der Waals surface area contributed by atoms with Crippen molar-refractivity contribution in [1.82, 2.24) is 0 Å². The Hall–Kier alpha value is -2.36. The second-order valence-corrected chi connectivity index (χ2v) is 4.28. The Labute approximate surface area is 110 Å². The molecule has 0 aromatic heterocycles. The van der Waals surface area contributed by atoms with Crippen LogP contribution >= 0.6 is 0 Å². The van der Waals surface area contributed by atoms with Gasteiger partial charge in [-0.3, -0.25) is 0 Å². The van der Waals surface area contributed by atoms with Crippen LogP contribution in [0.1, 0.15) is 21.5 Å². The van der Waals surface area contributed by atoms with Crippen molar-refractivity contribution in [3.63, 3.8) is 0 Å². The molecule has 0 aliphatic heterocycles. The van der Waals surface area contributed by atoms with Crippen molar-refractivity contribution in [2.75, 3.05) is 5.32 Å². The third kappa shape index (κ3) is 3.10. The number of hydrogen-bond donors (Lipinski definition) is 2. The molecule has 0 radical (unpaired) electrons. The van der Waals surface area contributed by atoms with E-state index in [1.807, 2.05) is 31.2 Å². The number of carboxylic acid groups (broad SMARTS) is 1. The van der Waals surface area contributed by atoms with Crippen molar-refractivity contribution in [2.24, 2.45) is 0 Å². The number of carboxylic acids is 1. The molecule has 0 fully saturated rings. The van der Waals surface area contributed by atoms with E-state index in [0.717, 1.165) is 17.2 Å². The molecule has 0 saturated heterocycles. The van der Waals surface area contributed by atoms with Gasteiger partial charge < -0.3 is 10.4 Å². The first-order valence-corrected chi connectivity index (χ1v) is 5.89. The zero-order valence-corrected chi connectivity index (χ0v) is 10.5. The van der Waals surface area contributed by atoms with E-state index in [1.165, 1.54) is 12.1 Å². The lowest BCUT2D eigenvalue weighted by molar-refractivity contribution is 0.0696. The highest BCUT2D eigenvalue weighted by Crippen LogP contribution is 2.17. The van der Waals surface area contributed by atoms with Crippen molar-refractivity contribution in [1.29, 1.82) is 0 Å². The molecule has 19 heavy (non-hydrogen) atoms. The third-order valence-corrected chi connectivity index (χ3v) is 2.95. The highest BCUT2D eigenvalue weighted by atomic mass is 19.1. The Morgan fingerprint density at radius 1 is 1.26 bits per heavy atom. The molecule has 98 valence electrons. The van der Waals surface area contributed by atoms with E-state index >= 15 is 0 Å². The van der Waals surface area contributed by atoms with Gasteiger partial charge in [-0.25, -0.2) is 9.18 Å². The van der Waals surface area contributed by atoms with Crippen molar-refractivity contribution in [2.45, 2.75) is 13.5 Å². The van der Waals surface area contributed by atoms with E-state index in [1.54, 1.807) is 0 Å². The number of aryl methyl sites for hydroxylation is 1. The average molecular weight is 259 g/mol. The number of carbonyl (C=O) groups is 1. The van der Waals surface area contributed by atoms with Gasteiger partial charge in [0.05, 0.1) is 11.3 Å². The van der Waals surface area contributed by atoms with Gasteiger partial charge in [0, 0.05) is 6.54 Å². The normalized spacial score (nSPS) is 10.2. The number of rotatable bonds is 4. The minimum atomic E-state index is -1.13. The highest BCUT2D eigenvalue weighted by Gasteiger charge is 2.08. The number of hydrogen-bond acceptors (Lipinski definition) is 2. The number of nitrogens with one attached hydrogen (secondary N) is 1. The zero-order valence-electron chi connectivity index (χ0n) is 10.5. The zero-order chi connectivity index (χ0) is 13.8. The monoisotopic (exact) mass is 259 g/mol. The van der Waals surface area contributed by atoms with Crippen LogP contribution in [0, 0.1) is 12.7 Å². The molecule has 2 N–H and O–H groups in total. The van der Waals surface area contributed by atoms with Crippen molar-refractivity contribution >= 4 is 11.7 Å². The van der Waals surface area contributed by atoms with E-state index in [2.05, 4.69) is 5.32 Å². The fourth-order valence-electron chi connectivity index (χ4n) is 1.79. The lowest BCUT2D eigenvalue weighted by Gasteiger charge is -2.10. The number of benzene rings is 2. The van der Waals surface area contributed by atoms with E-state index < -0.39 is 11.8 Å². The Kier molecular flexibility index (Phi) is 3.80. The maximum atomic E-state index is 13.7. The molecule has 0 aliphatic rings. The first-order valence-electron chi connectivity index (χ1n) is 5.89. The molecule has 0 heterocycles. The van der Waals surface area contributed by atoms with Crippen LogP contribution in [0.15, 0.2) is 42.5 Å². The largest absolute Gasteiger partial charge is 0.478 e. The fraction of sp³-hybridized carbons (Fsp3) is 0.133. The van der Waals surface area contributed by atoms with Crippen molar-refractivity contribution in [3.05, 3.63) is 65.0 Å². The summed E-state index contributed by atoms with van der Waals surface area (Å²) in [6.45, 7) is 2.48. The summed E-state index contributed by atoms with van der Waals surface area (Å²) in [4.78, 5) is 10.7. The average Bonchev–Trinajstić information content (AvgIpc) is 2.39. The number of aromatic carboxylic acids is 1. The maximum absolute atomic E-state index is 13.7. The molecule has 0 spiro atoms. The molecule has 0 unspecified atom stereocenters. The third-order valence-electron chi connectivity index (χ3n) is 2.95. The van der Waals surface area contributed by atoms with Crippen LogP contribution in [0.2, 0.25) is 0 Å². The van der Waals surface area contributed by atoms with E-state index in [9.17, 15) is 9.18 Å². The second-order valence-electron chi connectivity index (χ2n) is 4.28. The van der Waals surface area contributed by atoms with Gasteiger partial charge in [-0.05, 0) is 36.2 Å². The van der Waals surface area contributed by atoms with Gasteiger partial charge in [-0.1, -0.05) is 24.3 Å². The van der Waals surface area contributed by atoms with Gasteiger partial charge >= 0.3 is 5.97 Å². The van der Waals surface area contributed by atoms with Gasteiger partial charge in [0.2, 0.25) is 0 Å². The summed E-state index contributed by atoms with van der Waals surface area (Å²) < 4.78 is 13.7. The predicted octanol–water partition coefficient (Wildman–Crippen LogP) is 3.44. The molecular weight excluding hydrogens is 245 g/mol. The van der Waals surface area contributed by atoms with Crippen LogP contribution in [0.5, 0.6) is 0 Å². The van der Waals surface area contributed by atoms with E-state index in [-0.39, 0.29) is 5.56 Å². The molecule has 0 bridgehead atoms. The summed E-state index contributed by atoms with van der Waals surface area (Å²) in [5.74, 6) is -1.70.